The second-order valence-electron chi connectivity index (χ2n) is 7.25. The Labute approximate surface area is 179 Å². The summed E-state index contributed by atoms with van der Waals surface area (Å²) in [5, 5.41) is 9.36. The van der Waals surface area contributed by atoms with Crippen molar-refractivity contribution in [1.29, 1.82) is 0 Å². The number of aryl methyl sites for hydroxylation is 1. The van der Waals surface area contributed by atoms with Crippen molar-refractivity contribution >= 4 is 29.0 Å². The van der Waals surface area contributed by atoms with E-state index in [1.165, 1.54) is 17.8 Å². The molecule has 1 aliphatic heterocycles. The topological polar surface area (TPSA) is 114 Å². The van der Waals surface area contributed by atoms with Crippen molar-refractivity contribution in [3.8, 4) is 5.75 Å². The summed E-state index contributed by atoms with van der Waals surface area (Å²) in [6.45, 7) is 3.43. The maximum Gasteiger partial charge on any atom is 0.254 e. The third kappa shape index (κ3) is 4.26. The van der Waals surface area contributed by atoms with Gasteiger partial charge in [-0.1, -0.05) is 12.1 Å². The van der Waals surface area contributed by atoms with E-state index in [0.29, 0.717) is 17.0 Å². The number of ether oxygens (including phenoxy) is 1. The number of para-hydroxylation sites is 1. The molecular formula is C22H23FN6O2. The Morgan fingerprint density at radius 2 is 2.10 bits per heavy atom. The molecular weight excluding hydrogens is 399 g/mol. The first-order valence-corrected chi connectivity index (χ1v) is 9.82. The van der Waals surface area contributed by atoms with Gasteiger partial charge in [-0.25, -0.2) is 9.37 Å². The maximum absolute atomic E-state index is 14.3. The van der Waals surface area contributed by atoms with E-state index in [9.17, 15) is 9.18 Å². The van der Waals surface area contributed by atoms with Crippen molar-refractivity contribution in [2.24, 2.45) is 5.73 Å². The van der Waals surface area contributed by atoms with E-state index in [1.54, 1.807) is 26.2 Å². The van der Waals surface area contributed by atoms with Crippen molar-refractivity contribution in [2.75, 3.05) is 24.3 Å². The van der Waals surface area contributed by atoms with Crippen LogP contribution < -0.4 is 26.4 Å². The highest BCUT2D eigenvalue weighted by Crippen LogP contribution is 2.32. The van der Waals surface area contributed by atoms with E-state index < -0.39 is 11.7 Å². The highest BCUT2D eigenvalue weighted by molar-refractivity contribution is 5.98. The van der Waals surface area contributed by atoms with Gasteiger partial charge in [-0.2, -0.15) is 4.98 Å². The SMILES string of the molecule is COc1cc2c(cc1Nc1ncc(C(N)=O)c(Nc3c(C)cccc3F)n1)CNCC2. The zero-order valence-corrected chi connectivity index (χ0v) is 17.3. The first-order valence-electron chi connectivity index (χ1n) is 9.82. The third-order valence-electron chi connectivity index (χ3n) is 5.17. The predicted octanol–water partition coefficient (Wildman–Crippen LogP) is 3.16. The molecule has 1 aromatic heterocycles. The van der Waals surface area contributed by atoms with E-state index >= 15 is 0 Å². The largest absolute Gasteiger partial charge is 0.495 e. The number of carbonyl (C=O) groups excluding carboxylic acids is 1. The molecule has 0 bridgehead atoms. The molecule has 31 heavy (non-hydrogen) atoms. The van der Waals surface area contributed by atoms with Gasteiger partial charge < -0.3 is 26.4 Å². The average Bonchev–Trinajstić information content (AvgIpc) is 2.76. The number of hydrogen-bond donors (Lipinski definition) is 4. The minimum Gasteiger partial charge on any atom is -0.495 e. The van der Waals surface area contributed by atoms with Gasteiger partial charge in [-0.3, -0.25) is 4.79 Å². The molecule has 8 nitrogen and oxygen atoms in total. The number of nitrogens with two attached hydrogens (primary N) is 1. The second kappa shape index (κ2) is 8.57. The number of halogens is 1. The number of methoxy groups -OCH3 is 1. The molecule has 2 aromatic carbocycles. The number of fused-ring (bicyclic) bond motifs is 1. The van der Waals surface area contributed by atoms with Crippen molar-refractivity contribution < 1.29 is 13.9 Å². The van der Waals surface area contributed by atoms with Crippen LogP contribution in [0.1, 0.15) is 27.0 Å². The van der Waals surface area contributed by atoms with Crippen LogP contribution in [0.15, 0.2) is 36.5 Å². The Balaban J connectivity index is 1.70. The molecule has 1 aliphatic rings. The Morgan fingerprint density at radius 3 is 2.84 bits per heavy atom. The van der Waals surface area contributed by atoms with Gasteiger partial charge in [0.25, 0.3) is 5.91 Å². The number of hydrogen-bond acceptors (Lipinski definition) is 7. The number of benzene rings is 2. The van der Waals surface area contributed by atoms with Crippen LogP contribution in [0, 0.1) is 12.7 Å². The van der Waals surface area contributed by atoms with Crippen LogP contribution in [0.2, 0.25) is 0 Å². The molecule has 0 spiro atoms. The fourth-order valence-electron chi connectivity index (χ4n) is 3.52. The van der Waals surface area contributed by atoms with Crippen molar-refractivity contribution in [3.63, 3.8) is 0 Å². The molecule has 4 rings (SSSR count). The van der Waals surface area contributed by atoms with E-state index in [4.69, 9.17) is 10.5 Å². The number of nitrogens with one attached hydrogen (secondary N) is 3. The molecule has 5 N–H and O–H groups in total. The lowest BCUT2D eigenvalue weighted by Gasteiger charge is -2.20. The number of rotatable bonds is 6. The van der Waals surface area contributed by atoms with Crippen LogP contribution in [0.25, 0.3) is 0 Å². The molecule has 1 amide bonds. The van der Waals surface area contributed by atoms with Crippen molar-refractivity contribution in [2.45, 2.75) is 19.9 Å². The van der Waals surface area contributed by atoms with E-state index in [2.05, 4.69) is 25.9 Å². The lowest BCUT2D eigenvalue weighted by atomic mass is 10.00. The number of amides is 1. The molecule has 0 unspecified atom stereocenters. The van der Waals surface area contributed by atoms with Gasteiger partial charge in [0.15, 0.2) is 0 Å². The average molecular weight is 422 g/mol. The van der Waals surface area contributed by atoms with Gasteiger partial charge in [0.2, 0.25) is 5.95 Å². The van der Waals surface area contributed by atoms with Gasteiger partial charge in [0, 0.05) is 12.7 Å². The fraction of sp³-hybridized carbons (Fsp3) is 0.227. The molecule has 9 heteroatoms. The maximum atomic E-state index is 14.3. The second-order valence-corrected chi connectivity index (χ2v) is 7.25. The third-order valence-corrected chi connectivity index (χ3v) is 5.17. The van der Waals surface area contributed by atoms with E-state index in [-0.39, 0.29) is 23.0 Å². The van der Waals surface area contributed by atoms with Gasteiger partial charge in [0.05, 0.1) is 18.5 Å². The summed E-state index contributed by atoms with van der Waals surface area (Å²) in [5.74, 6) is -0.212. The van der Waals surface area contributed by atoms with Crippen LogP contribution in [-0.4, -0.2) is 29.5 Å². The fourth-order valence-corrected chi connectivity index (χ4v) is 3.52. The molecule has 0 aliphatic carbocycles. The van der Waals surface area contributed by atoms with E-state index in [0.717, 1.165) is 25.1 Å². The molecule has 0 fully saturated rings. The summed E-state index contributed by atoms with van der Waals surface area (Å²) in [4.78, 5) is 20.5. The smallest absolute Gasteiger partial charge is 0.254 e. The summed E-state index contributed by atoms with van der Waals surface area (Å²) in [7, 11) is 1.60. The number of aromatic nitrogens is 2. The predicted molar refractivity (Wildman–Crippen MR) is 117 cm³/mol. The molecule has 0 radical (unpaired) electrons. The minimum absolute atomic E-state index is 0.0507. The van der Waals surface area contributed by atoms with Crippen LogP contribution >= 0.6 is 0 Å². The van der Waals surface area contributed by atoms with Gasteiger partial charge in [0.1, 0.15) is 22.9 Å². The molecule has 0 atom stereocenters. The quantitative estimate of drug-likeness (QED) is 0.482. The summed E-state index contributed by atoms with van der Waals surface area (Å²) >= 11 is 0. The van der Waals surface area contributed by atoms with Crippen LogP contribution in [0.3, 0.4) is 0 Å². The zero-order chi connectivity index (χ0) is 22.0. The minimum atomic E-state index is -0.722. The van der Waals surface area contributed by atoms with Crippen LogP contribution in [0.5, 0.6) is 5.75 Å². The monoisotopic (exact) mass is 422 g/mol. The van der Waals surface area contributed by atoms with E-state index in [1.807, 2.05) is 12.1 Å². The van der Waals surface area contributed by atoms with Crippen LogP contribution in [0.4, 0.5) is 27.5 Å². The Bertz CT molecular complexity index is 1130. The first-order chi connectivity index (χ1) is 15.0. The van der Waals surface area contributed by atoms with Crippen molar-refractivity contribution in [1.82, 2.24) is 15.3 Å². The molecule has 2 heterocycles. The molecule has 0 saturated heterocycles. The van der Waals surface area contributed by atoms with Crippen LogP contribution in [-0.2, 0) is 13.0 Å². The number of nitrogens with zero attached hydrogens (tertiary/aromatic N) is 2. The van der Waals surface area contributed by atoms with Crippen molar-refractivity contribution in [3.05, 3.63) is 64.6 Å². The standard InChI is InChI=1S/C22H23FN6O2/c1-12-4-3-5-16(23)19(12)28-21-15(20(24)30)11-26-22(29-21)27-17-8-14-10-25-7-6-13(14)9-18(17)31-2/h3-5,8-9,11,25H,6-7,10H2,1-2H3,(H2,24,30)(H2,26,27,28,29). The summed E-state index contributed by atoms with van der Waals surface area (Å²) in [6, 6.07) is 8.67. The molecule has 0 saturated carbocycles. The van der Waals surface area contributed by atoms with Gasteiger partial charge >= 0.3 is 0 Å². The molecule has 160 valence electrons. The van der Waals surface area contributed by atoms with Gasteiger partial charge in [-0.15, -0.1) is 0 Å². The highest BCUT2D eigenvalue weighted by atomic mass is 19.1. The summed E-state index contributed by atoms with van der Waals surface area (Å²) in [5.41, 5.74) is 9.46. The number of carbonyl (C=O) groups is 1. The lowest BCUT2D eigenvalue weighted by molar-refractivity contribution is 0.100. The first kappa shape index (κ1) is 20.5. The number of anilines is 4. The zero-order valence-electron chi connectivity index (χ0n) is 17.3. The Kier molecular flexibility index (Phi) is 5.68. The summed E-state index contributed by atoms with van der Waals surface area (Å²) in [6.07, 6.45) is 2.23. The number of primary amides is 1. The van der Waals surface area contributed by atoms with Gasteiger partial charge in [-0.05, 0) is 54.8 Å². The highest BCUT2D eigenvalue weighted by Gasteiger charge is 2.18. The normalized spacial score (nSPS) is 12.7. The Hall–Kier alpha value is -3.72. The molecule has 3 aromatic rings. The lowest BCUT2D eigenvalue weighted by Crippen LogP contribution is -2.23. The summed E-state index contributed by atoms with van der Waals surface area (Å²) < 4.78 is 19.8. The Morgan fingerprint density at radius 1 is 1.26 bits per heavy atom.